The van der Waals surface area contributed by atoms with Crippen molar-refractivity contribution in [2.45, 2.75) is 20.1 Å². The van der Waals surface area contributed by atoms with E-state index in [0.717, 1.165) is 6.92 Å². The van der Waals surface area contributed by atoms with Gasteiger partial charge in [0.1, 0.15) is 5.69 Å². The van der Waals surface area contributed by atoms with Crippen molar-refractivity contribution in [1.29, 1.82) is 0 Å². The Morgan fingerprint density at radius 3 is 2.20 bits per heavy atom. The number of hydrogen-bond donors (Lipinski definition) is 1. The maximum Gasteiger partial charge on any atom is 0.491 e. The van der Waals surface area contributed by atoms with E-state index in [1.54, 1.807) is 0 Å². The van der Waals surface area contributed by atoms with Crippen LogP contribution in [0, 0.1) is 13.8 Å². The minimum atomic E-state index is -4.81. The van der Waals surface area contributed by atoms with Gasteiger partial charge in [-0.1, -0.05) is 11.6 Å². The van der Waals surface area contributed by atoms with Gasteiger partial charge in [0.15, 0.2) is 0 Å². The molecule has 0 radical (unpaired) electrons. The van der Waals surface area contributed by atoms with Crippen molar-refractivity contribution in [2.24, 2.45) is 0 Å². The largest absolute Gasteiger partial charge is 0.491 e. The van der Waals surface area contributed by atoms with Gasteiger partial charge in [-0.2, -0.15) is 0 Å². The summed E-state index contributed by atoms with van der Waals surface area (Å²) in [5, 5.41) is -0.149. The molecule has 0 saturated carbocycles. The van der Waals surface area contributed by atoms with Crippen molar-refractivity contribution in [3.8, 4) is 0 Å². The van der Waals surface area contributed by atoms with Crippen LogP contribution in [0.4, 0.5) is 18.9 Å². The lowest BCUT2D eigenvalue weighted by atomic mass is 10.2. The number of rotatable bonds is 0. The Kier molecular flexibility index (Phi) is 2.73. The molecular weight excluding hydrogens is 233 g/mol. The van der Waals surface area contributed by atoms with Gasteiger partial charge in [0, 0.05) is 5.69 Å². The van der Waals surface area contributed by atoms with Crippen LogP contribution in [0.5, 0.6) is 0 Å². The Morgan fingerprint density at radius 2 is 1.80 bits per heavy atom. The van der Waals surface area contributed by atoms with Crippen molar-refractivity contribution >= 4 is 17.3 Å². The molecule has 2 N–H and O–H groups in total. The lowest BCUT2D eigenvalue weighted by Gasteiger charge is -2.16. The number of nitrogens with two attached hydrogens (primary N) is 1. The van der Waals surface area contributed by atoms with Gasteiger partial charge in [-0.25, -0.2) is 4.57 Å². The van der Waals surface area contributed by atoms with Crippen molar-refractivity contribution in [1.82, 2.24) is 4.57 Å². The van der Waals surface area contributed by atoms with Crippen molar-refractivity contribution in [3.63, 3.8) is 0 Å². The SMILES string of the molecule is Cc1c(Cl)c(C)n(C(F)(F)F)c(=O)c1N. The molecule has 84 valence electrons. The van der Waals surface area contributed by atoms with Gasteiger partial charge in [-0.05, 0) is 19.4 Å². The van der Waals surface area contributed by atoms with Crippen molar-refractivity contribution in [2.75, 3.05) is 5.73 Å². The Bertz CT molecular complexity index is 464. The quantitative estimate of drug-likeness (QED) is 0.756. The summed E-state index contributed by atoms with van der Waals surface area (Å²) in [4.78, 5) is 11.3. The van der Waals surface area contributed by atoms with Gasteiger partial charge in [0.25, 0.3) is 5.56 Å². The maximum atomic E-state index is 12.5. The normalized spacial score (nSPS) is 11.9. The first kappa shape index (κ1) is 11.9. The molecule has 0 amide bonds. The molecule has 1 aromatic heterocycles. The Morgan fingerprint density at radius 1 is 1.33 bits per heavy atom. The first-order chi connectivity index (χ1) is 6.68. The molecule has 0 unspecified atom stereocenters. The lowest BCUT2D eigenvalue weighted by Crippen LogP contribution is -2.34. The number of halogens is 4. The summed E-state index contributed by atoms with van der Waals surface area (Å²) < 4.78 is 37.0. The van der Waals surface area contributed by atoms with E-state index in [2.05, 4.69) is 0 Å². The first-order valence-corrected chi connectivity index (χ1v) is 4.30. The number of alkyl halides is 3. The van der Waals surface area contributed by atoms with Gasteiger partial charge in [0.2, 0.25) is 0 Å². The van der Waals surface area contributed by atoms with Crippen LogP contribution in [-0.4, -0.2) is 4.57 Å². The van der Waals surface area contributed by atoms with Gasteiger partial charge >= 0.3 is 6.30 Å². The Balaban J connectivity index is 3.77. The number of aromatic nitrogens is 1. The number of pyridine rings is 1. The predicted molar refractivity (Wildman–Crippen MR) is 50.9 cm³/mol. The molecule has 0 atom stereocenters. The molecule has 0 aromatic carbocycles. The van der Waals surface area contributed by atoms with Crippen LogP contribution in [0.2, 0.25) is 5.02 Å². The van der Waals surface area contributed by atoms with E-state index in [9.17, 15) is 18.0 Å². The lowest BCUT2D eigenvalue weighted by molar-refractivity contribution is -0.207. The minimum absolute atomic E-state index is 0.149. The van der Waals surface area contributed by atoms with Crippen LogP contribution >= 0.6 is 11.6 Å². The van der Waals surface area contributed by atoms with E-state index in [-0.39, 0.29) is 20.8 Å². The summed E-state index contributed by atoms with van der Waals surface area (Å²) in [5.41, 5.74) is 3.26. The highest BCUT2D eigenvalue weighted by Gasteiger charge is 2.35. The average Bonchev–Trinajstić information content (AvgIpc) is 2.09. The summed E-state index contributed by atoms with van der Waals surface area (Å²) in [6.07, 6.45) is -4.81. The summed E-state index contributed by atoms with van der Waals surface area (Å²) >= 11 is 5.63. The molecular formula is C8H8ClF3N2O. The highest BCUT2D eigenvalue weighted by atomic mass is 35.5. The minimum Gasteiger partial charge on any atom is -0.394 e. The van der Waals surface area contributed by atoms with Crippen molar-refractivity contribution in [3.05, 3.63) is 26.6 Å². The molecule has 0 spiro atoms. The number of anilines is 1. The highest BCUT2D eigenvalue weighted by molar-refractivity contribution is 6.32. The summed E-state index contributed by atoms with van der Waals surface area (Å²) in [6.45, 7) is 2.51. The molecule has 0 aliphatic carbocycles. The third-order valence-electron chi connectivity index (χ3n) is 2.07. The zero-order valence-electron chi connectivity index (χ0n) is 7.94. The van der Waals surface area contributed by atoms with Crippen molar-refractivity contribution < 1.29 is 13.2 Å². The number of hydrogen-bond acceptors (Lipinski definition) is 2. The zero-order valence-corrected chi connectivity index (χ0v) is 8.70. The molecule has 1 heterocycles. The Labute approximate surface area is 88.3 Å². The molecule has 15 heavy (non-hydrogen) atoms. The second kappa shape index (κ2) is 3.44. The highest BCUT2D eigenvalue weighted by Crippen LogP contribution is 2.28. The second-order valence-electron chi connectivity index (χ2n) is 3.05. The number of nitrogens with zero attached hydrogens (tertiary/aromatic N) is 1. The summed E-state index contributed by atoms with van der Waals surface area (Å²) in [7, 11) is 0. The number of nitrogen functional groups attached to an aromatic ring is 1. The van der Waals surface area contributed by atoms with E-state index in [1.165, 1.54) is 6.92 Å². The average molecular weight is 241 g/mol. The maximum absolute atomic E-state index is 12.5. The van der Waals surface area contributed by atoms with Crippen LogP contribution in [-0.2, 0) is 6.30 Å². The van der Waals surface area contributed by atoms with Gasteiger partial charge < -0.3 is 5.73 Å². The Hall–Kier alpha value is -1.17. The smallest absolute Gasteiger partial charge is 0.394 e. The molecule has 7 heteroatoms. The van der Waals surface area contributed by atoms with Gasteiger partial charge in [-0.3, -0.25) is 4.79 Å². The van der Waals surface area contributed by atoms with Crippen LogP contribution < -0.4 is 11.3 Å². The zero-order chi connectivity index (χ0) is 12.0. The first-order valence-electron chi connectivity index (χ1n) is 3.92. The standard InChI is InChI=1S/C8H8ClF3N2O/c1-3-5(9)4(2)14(8(10,11)12)7(15)6(3)13/h13H2,1-2H3. The molecule has 0 saturated heterocycles. The van der Waals surface area contributed by atoms with Crippen LogP contribution in [0.25, 0.3) is 0 Å². The molecule has 1 aromatic rings. The van der Waals surface area contributed by atoms with Crippen LogP contribution in [0.1, 0.15) is 11.3 Å². The molecule has 0 aliphatic rings. The van der Waals surface area contributed by atoms with E-state index in [1.807, 2.05) is 0 Å². The molecule has 0 aliphatic heterocycles. The topological polar surface area (TPSA) is 48.0 Å². The fraction of sp³-hybridized carbons (Fsp3) is 0.375. The van der Waals surface area contributed by atoms with E-state index < -0.39 is 17.5 Å². The monoisotopic (exact) mass is 240 g/mol. The summed E-state index contributed by atoms with van der Waals surface area (Å²) in [5.74, 6) is 0. The molecule has 0 bridgehead atoms. The van der Waals surface area contributed by atoms with E-state index in [4.69, 9.17) is 17.3 Å². The van der Waals surface area contributed by atoms with Gasteiger partial charge in [-0.15, -0.1) is 13.2 Å². The van der Waals surface area contributed by atoms with E-state index >= 15 is 0 Å². The third kappa shape index (κ3) is 1.81. The summed E-state index contributed by atoms with van der Waals surface area (Å²) in [6, 6.07) is 0. The van der Waals surface area contributed by atoms with E-state index in [0.29, 0.717) is 0 Å². The fourth-order valence-electron chi connectivity index (χ4n) is 1.23. The second-order valence-corrected chi connectivity index (χ2v) is 3.42. The van der Waals surface area contributed by atoms with Crippen LogP contribution in [0.15, 0.2) is 4.79 Å². The third-order valence-corrected chi connectivity index (χ3v) is 2.63. The van der Waals surface area contributed by atoms with Crippen LogP contribution in [0.3, 0.4) is 0 Å². The molecule has 1 rings (SSSR count). The predicted octanol–water partition coefficient (Wildman–Crippen LogP) is 2.18. The fourth-order valence-corrected chi connectivity index (χ4v) is 1.41. The molecule has 0 fully saturated rings. The van der Waals surface area contributed by atoms with Gasteiger partial charge in [0.05, 0.1) is 5.02 Å². The molecule has 3 nitrogen and oxygen atoms in total.